The van der Waals surface area contributed by atoms with Gasteiger partial charge in [0.1, 0.15) is 0 Å². The number of anilines is 1. The van der Waals surface area contributed by atoms with Crippen molar-refractivity contribution in [1.29, 1.82) is 0 Å². The van der Waals surface area contributed by atoms with Gasteiger partial charge in [-0.05, 0) is 44.0 Å². The number of benzene rings is 2. The molecule has 0 saturated carbocycles. The van der Waals surface area contributed by atoms with Crippen LogP contribution in [0.4, 0.5) is 10.5 Å². The SMILES string of the molecule is Cc1ccc(N2CC3Cc4c([nH]c5ccccc45)C(C)N3C2=O)cc1. The summed E-state index contributed by atoms with van der Waals surface area (Å²) >= 11 is 0. The van der Waals surface area contributed by atoms with Gasteiger partial charge in [-0.1, -0.05) is 35.9 Å². The van der Waals surface area contributed by atoms with Gasteiger partial charge in [-0.3, -0.25) is 4.90 Å². The third kappa shape index (κ3) is 2.03. The lowest BCUT2D eigenvalue weighted by molar-refractivity contribution is 0.173. The van der Waals surface area contributed by atoms with Crippen LogP contribution in [0.3, 0.4) is 0 Å². The number of rotatable bonds is 1. The van der Waals surface area contributed by atoms with E-state index in [1.54, 1.807) is 0 Å². The number of hydrogen-bond donors (Lipinski definition) is 1. The van der Waals surface area contributed by atoms with Gasteiger partial charge >= 0.3 is 6.03 Å². The highest BCUT2D eigenvalue weighted by Gasteiger charge is 2.45. The van der Waals surface area contributed by atoms with Gasteiger partial charge in [0.15, 0.2) is 0 Å². The van der Waals surface area contributed by atoms with E-state index in [4.69, 9.17) is 0 Å². The Morgan fingerprint density at radius 1 is 1.08 bits per heavy atom. The molecule has 3 aromatic rings. The largest absolute Gasteiger partial charge is 0.356 e. The molecule has 1 saturated heterocycles. The van der Waals surface area contributed by atoms with E-state index < -0.39 is 0 Å². The first-order valence-corrected chi connectivity index (χ1v) is 8.89. The Labute approximate surface area is 147 Å². The molecule has 126 valence electrons. The molecular formula is C21H21N3O. The van der Waals surface area contributed by atoms with Crippen LogP contribution in [0.1, 0.15) is 29.8 Å². The van der Waals surface area contributed by atoms with E-state index in [1.807, 2.05) is 17.0 Å². The molecule has 1 N–H and O–H groups in total. The fraction of sp³-hybridized carbons (Fsp3) is 0.286. The van der Waals surface area contributed by atoms with Crippen LogP contribution < -0.4 is 4.90 Å². The van der Waals surface area contributed by atoms with Gasteiger partial charge in [0.05, 0.1) is 12.1 Å². The maximum absolute atomic E-state index is 13.1. The highest BCUT2D eigenvalue weighted by molar-refractivity contribution is 5.96. The first kappa shape index (κ1) is 14.6. The number of aryl methyl sites for hydroxylation is 1. The number of carbonyl (C=O) groups excluding carboxylic acids is 1. The standard InChI is InChI=1S/C21H21N3O/c1-13-7-9-15(10-8-13)23-12-16-11-18-17-5-3-4-6-19(17)22-20(18)14(2)24(16)21(23)25/h3-10,14,16,22H,11-12H2,1-2H3. The summed E-state index contributed by atoms with van der Waals surface area (Å²) < 4.78 is 0. The smallest absolute Gasteiger partial charge is 0.325 e. The Morgan fingerprint density at radius 2 is 1.84 bits per heavy atom. The number of urea groups is 1. The lowest BCUT2D eigenvalue weighted by Crippen LogP contribution is -2.41. The number of para-hydroxylation sites is 1. The fourth-order valence-corrected chi connectivity index (χ4v) is 4.43. The molecular weight excluding hydrogens is 310 g/mol. The van der Waals surface area contributed by atoms with Crippen molar-refractivity contribution in [2.75, 3.05) is 11.4 Å². The lowest BCUT2D eigenvalue weighted by atomic mass is 9.93. The summed E-state index contributed by atoms with van der Waals surface area (Å²) in [5, 5.41) is 1.30. The number of nitrogens with one attached hydrogen (secondary N) is 1. The molecule has 1 aromatic heterocycles. The predicted octanol–water partition coefficient (Wildman–Crippen LogP) is 4.40. The highest BCUT2D eigenvalue weighted by Crippen LogP contribution is 2.41. The van der Waals surface area contributed by atoms with E-state index in [9.17, 15) is 4.79 Å². The van der Waals surface area contributed by atoms with Gasteiger partial charge in [0.25, 0.3) is 0 Å². The number of H-pyrrole nitrogens is 1. The van der Waals surface area contributed by atoms with Crippen LogP contribution in [0.5, 0.6) is 0 Å². The molecule has 5 rings (SSSR count). The molecule has 2 aromatic carbocycles. The molecule has 0 aliphatic carbocycles. The minimum absolute atomic E-state index is 0.0732. The van der Waals surface area contributed by atoms with Crippen LogP contribution in [0.2, 0.25) is 0 Å². The zero-order valence-corrected chi connectivity index (χ0v) is 14.5. The Hall–Kier alpha value is -2.75. The van der Waals surface area contributed by atoms with Crippen LogP contribution >= 0.6 is 0 Å². The second kappa shape index (κ2) is 5.12. The number of aromatic nitrogens is 1. The Morgan fingerprint density at radius 3 is 2.64 bits per heavy atom. The summed E-state index contributed by atoms with van der Waals surface area (Å²) in [5.41, 5.74) is 5.94. The van der Waals surface area contributed by atoms with Crippen molar-refractivity contribution < 1.29 is 4.79 Å². The molecule has 4 nitrogen and oxygen atoms in total. The molecule has 2 atom stereocenters. The summed E-state index contributed by atoms with van der Waals surface area (Å²) in [6.07, 6.45) is 0.914. The van der Waals surface area contributed by atoms with Gasteiger partial charge in [-0.15, -0.1) is 0 Å². The Kier molecular flexibility index (Phi) is 2.99. The minimum atomic E-state index is 0.0732. The average molecular weight is 331 g/mol. The van der Waals surface area contributed by atoms with Crippen LogP contribution in [-0.4, -0.2) is 28.5 Å². The molecule has 4 heteroatoms. The molecule has 2 amide bonds. The van der Waals surface area contributed by atoms with Crippen molar-refractivity contribution in [2.24, 2.45) is 0 Å². The Bertz CT molecular complexity index is 972. The molecule has 3 heterocycles. The fourth-order valence-electron chi connectivity index (χ4n) is 4.43. The summed E-state index contributed by atoms with van der Waals surface area (Å²) in [5.74, 6) is 0. The van der Waals surface area contributed by atoms with Crippen LogP contribution in [0.25, 0.3) is 10.9 Å². The summed E-state index contributed by atoms with van der Waals surface area (Å²) in [6, 6.07) is 17.1. The summed E-state index contributed by atoms with van der Waals surface area (Å²) in [7, 11) is 0. The van der Waals surface area contributed by atoms with Gasteiger partial charge in [-0.2, -0.15) is 0 Å². The third-order valence-electron chi connectivity index (χ3n) is 5.71. The monoisotopic (exact) mass is 331 g/mol. The van der Waals surface area contributed by atoms with E-state index in [1.165, 1.54) is 27.7 Å². The van der Waals surface area contributed by atoms with Gasteiger partial charge in [0, 0.05) is 28.8 Å². The van der Waals surface area contributed by atoms with E-state index in [0.29, 0.717) is 0 Å². The quantitative estimate of drug-likeness (QED) is 0.705. The molecule has 2 aliphatic heterocycles. The van der Waals surface area contributed by atoms with Crippen molar-refractivity contribution >= 4 is 22.6 Å². The summed E-state index contributed by atoms with van der Waals surface area (Å²) in [6.45, 7) is 4.96. The lowest BCUT2D eigenvalue weighted by Gasteiger charge is -2.34. The predicted molar refractivity (Wildman–Crippen MR) is 100.0 cm³/mol. The first-order valence-electron chi connectivity index (χ1n) is 8.89. The van der Waals surface area contributed by atoms with Crippen molar-refractivity contribution in [3.05, 3.63) is 65.4 Å². The second-order valence-electron chi connectivity index (χ2n) is 7.23. The minimum Gasteiger partial charge on any atom is -0.356 e. The van der Waals surface area contributed by atoms with Crippen molar-refractivity contribution in [1.82, 2.24) is 9.88 Å². The molecule has 1 fully saturated rings. The van der Waals surface area contributed by atoms with E-state index in [2.05, 4.69) is 60.1 Å². The number of amides is 2. The van der Waals surface area contributed by atoms with Crippen LogP contribution in [-0.2, 0) is 6.42 Å². The van der Waals surface area contributed by atoms with E-state index >= 15 is 0 Å². The van der Waals surface area contributed by atoms with Gasteiger partial charge < -0.3 is 9.88 Å². The van der Waals surface area contributed by atoms with E-state index in [-0.39, 0.29) is 18.1 Å². The average Bonchev–Trinajstić information content (AvgIpc) is 3.15. The normalized spacial score (nSPS) is 22.4. The second-order valence-corrected chi connectivity index (χ2v) is 7.23. The van der Waals surface area contributed by atoms with Gasteiger partial charge in [0.2, 0.25) is 0 Å². The zero-order valence-electron chi connectivity index (χ0n) is 14.5. The van der Waals surface area contributed by atoms with Crippen LogP contribution in [0.15, 0.2) is 48.5 Å². The van der Waals surface area contributed by atoms with Crippen LogP contribution in [0, 0.1) is 6.92 Å². The van der Waals surface area contributed by atoms with Gasteiger partial charge in [-0.25, -0.2) is 4.79 Å². The highest BCUT2D eigenvalue weighted by atomic mass is 16.2. The molecule has 2 unspecified atom stereocenters. The molecule has 0 bridgehead atoms. The number of fused-ring (bicyclic) bond motifs is 4. The van der Waals surface area contributed by atoms with Crippen molar-refractivity contribution in [2.45, 2.75) is 32.4 Å². The van der Waals surface area contributed by atoms with Crippen molar-refractivity contribution in [3.8, 4) is 0 Å². The molecule has 25 heavy (non-hydrogen) atoms. The van der Waals surface area contributed by atoms with E-state index in [0.717, 1.165) is 18.7 Å². The van der Waals surface area contributed by atoms with Crippen molar-refractivity contribution in [3.63, 3.8) is 0 Å². The zero-order chi connectivity index (χ0) is 17.1. The Balaban J connectivity index is 1.54. The maximum Gasteiger partial charge on any atom is 0.325 e. The topological polar surface area (TPSA) is 39.3 Å². The number of nitrogens with zero attached hydrogens (tertiary/aromatic N) is 2. The molecule has 2 aliphatic rings. The maximum atomic E-state index is 13.1. The first-order chi connectivity index (χ1) is 12.1. The number of carbonyl (C=O) groups is 1. The summed E-state index contributed by atoms with van der Waals surface area (Å²) in [4.78, 5) is 20.6. The number of aromatic amines is 1. The molecule has 0 radical (unpaired) electrons. The third-order valence-corrected chi connectivity index (χ3v) is 5.71. The number of hydrogen-bond acceptors (Lipinski definition) is 1. The molecule has 0 spiro atoms.